The van der Waals surface area contributed by atoms with Crippen LogP contribution in [0.5, 0.6) is 0 Å². The van der Waals surface area contributed by atoms with Crippen molar-refractivity contribution in [3.05, 3.63) is 36.5 Å². The standard InChI is InChI=1S/C16H21N3/c1-12(2)18-13-8-10-19(11-13)16-7-3-6-15-14(16)5-4-9-17-15/h3-7,9,12-13,18H,8,10-11H2,1-2H3. The van der Waals surface area contributed by atoms with Crippen molar-refractivity contribution in [1.82, 2.24) is 10.3 Å². The van der Waals surface area contributed by atoms with Gasteiger partial charge in [-0.15, -0.1) is 0 Å². The topological polar surface area (TPSA) is 28.2 Å². The highest BCUT2D eigenvalue weighted by Crippen LogP contribution is 2.28. The Kier molecular flexibility index (Phi) is 3.38. The van der Waals surface area contributed by atoms with Gasteiger partial charge >= 0.3 is 0 Å². The second kappa shape index (κ2) is 5.17. The van der Waals surface area contributed by atoms with Gasteiger partial charge in [-0.25, -0.2) is 0 Å². The van der Waals surface area contributed by atoms with Crippen LogP contribution in [0.3, 0.4) is 0 Å². The highest BCUT2D eigenvalue weighted by Gasteiger charge is 2.23. The summed E-state index contributed by atoms with van der Waals surface area (Å²) in [6.07, 6.45) is 3.08. The van der Waals surface area contributed by atoms with Crippen molar-refractivity contribution in [1.29, 1.82) is 0 Å². The molecule has 0 saturated carbocycles. The Balaban J connectivity index is 1.86. The smallest absolute Gasteiger partial charge is 0.0722 e. The van der Waals surface area contributed by atoms with Gasteiger partial charge in [-0.3, -0.25) is 4.98 Å². The van der Waals surface area contributed by atoms with Gasteiger partial charge in [0.2, 0.25) is 0 Å². The van der Waals surface area contributed by atoms with E-state index in [1.54, 1.807) is 0 Å². The molecule has 0 aliphatic carbocycles. The minimum absolute atomic E-state index is 0.555. The van der Waals surface area contributed by atoms with E-state index in [9.17, 15) is 0 Å². The van der Waals surface area contributed by atoms with Gasteiger partial charge in [0.15, 0.2) is 0 Å². The number of pyridine rings is 1. The maximum Gasteiger partial charge on any atom is 0.0722 e. The Morgan fingerprint density at radius 3 is 3.00 bits per heavy atom. The van der Waals surface area contributed by atoms with Crippen LogP contribution in [0.2, 0.25) is 0 Å². The Morgan fingerprint density at radius 1 is 1.26 bits per heavy atom. The largest absolute Gasteiger partial charge is 0.369 e. The van der Waals surface area contributed by atoms with Crippen LogP contribution in [0.1, 0.15) is 20.3 Å². The lowest BCUT2D eigenvalue weighted by molar-refractivity contribution is 0.492. The van der Waals surface area contributed by atoms with Crippen LogP contribution in [0.15, 0.2) is 36.5 Å². The van der Waals surface area contributed by atoms with E-state index in [0.29, 0.717) is 12.1 Å². The minimum Gasteiger partial charge on any atom is -0.369 e. The van der Waals surface area contributed by atoms with Crippen LogP contribution < -0.4 is 10.2 Å². The van der Waals surface area contributed by atoms with Crippen LogP contribution in [0.4, 0.5) is 5.69 Å². The molecule has 3 heteroatoms. The predicted octanol–water partition coefficient (Wildman–Crippen LogP) is 2.81. The number of nitrogens with one attached hydrogen (secondary N) is 1. The lowest BCUT2D eigenvalue weighted by atomic mass is 10.1. The second-order valence-corrected chi connectivity index (χ2v) is 5.60. The number of rotatable bonds is 3. The zero-order chi connectivity index (χ0) is 13.2. The molecule has 1 aliphatic heterocycles. The molecule has 1 unspecified atom stereocenters. The normalized spacial score (nSPS) is 19.5. The summed E-state index contributed by atoms with van der Waals surface area (Å²) in [4.78, 5) is 6.91. The molecule has 2 aromatic rings. The number of benzene rings is 1. The first-order valence-electron chi connectivity index (χ1n) is 7.09. The molecule has 3 rings (SSSR count). The maximum atomic E-state index is 4.44. The molecule has 0 bridgehead atoms. The predicted molar refractivity (Wildman–Crippen MR) is 80.6 cm³/mol. The van der Waals surface area contributed by atoms with E-state index >= 15 is 0 Å². The first kappa shape index (κ1) is 12.4. The van der Waals surface area contributed by atoms with Crippen molar-refractivity contribution >= 4 is 16.6 Å². The SMILES string of the molecule is CC(C)NC1CCN(c2cccc3ncccc23)C1. The molecule has 1 aromatic carbocycles. The molecule has 1 saturated heterocycles. The molecule has 100 valence electrons. The summed E-state index contributed by atoms with van der Waals surface area (Å²) in [6.45, 7) is 6.64. The van der Waals surface area contributed by atoms with E-state index in [1.807, 2.05) is 12.3 Å². The fourth-order valence-corrected chi connectivity index (χ4v) is 2.95. The molecule has 1 aromatic heterocycles. The fourth-order valence-electron chi connectivity index (χ4n) is 2.95. The van der Waals surface area contributed by atoms with Gasteiger partial charge in [-0.05, 0) is 30.7 Å². The van der Waals surface area contributed by atoms with Crippen molar-refractivity contribution in [2.45, 2.75) is 32.4 Å². The van der Waals surface area contributed by atoms with Gasteiger partial charge in [0.25, 0.3) is 0 Å². The van der Waals surface area contributed by atoms with Gasteiger partial charge in [0.05, 0.1) is 5.52 Å². The van der Waals surface area contributed by atoms with Crippen molar-refractivity contribution in [3.63, 3.8) is 0 Å². The van der Waals surface area contributed by atoms with E-state index in [-0.39, 0.29) is 0 Å². The molecule has 0 radical (unpaired) electrons. The van der Waals surface area contributed by atoms with Gasteiger partial charge in [0.1, 0.15) is 0 Å². The van der Waals surface area contributed by atoms with Crippen molar-refractivity contribution in [2.24, 2.45) is 0 Å². The van der Waals surface area contributed by atoms with Crippen molar-refractivity contribution < 1.29 is 0 Å². The summed E-state index contributed by atoms with van der Waals surface area (Å²) in [7, 11) is 0. The number of fused-ring (bicyclic) bond motifs is 1. The average Bonchev–Trinajstić information content (AvgIpc) is 2.85. The third-order valence-electron chi connectivity index (χ3n) is 3.72. The number of anilines is 1. The van der Waals surface area contributed by atoms with Crippen molar-refractivity contribution in [2.75, 3.05) is 18.0 Å². The molecule has 2 heterocycles. The molecule has 1 N–H and O–H groups in total. The summed E-state index contributed by atoms with van der Waals surface area (Å²) in [5, 5.41) is 4.89. The average molecular weight is 255 g/mol. The number of nitrogens with zero attached hydrogens (tertiary/aromatic N) is 2. The van der Waals surface area contributed by atoms with Gasteiger partial charge in [-0.1, -0.05) is 19.9 Å². The van der Waals surface area contributed by atoms with E-state index in [4.69, 9.17) is 0 Å². The Bertz CT molecular complexity index is 559. The summed E-state index contributed by atoms with van der Waals surface area (Å²) in [5.41, 5.74) is 2.40. The summed E-state index contributed by atoms with van der Waals surface area (Å²) < 4.78 is 0. The summed E-state index contributed by atoms with van der Waals surface area (Å²) in [6, 6.07) is 11.7. The van der Waals surface area contributed by atoms with Gasteiger partial charge < -0.3 is 10.2 Å². The quantitative estimate of drug-likeness (QED) is 0.914. The molecular weight excluding hydrogens is 234 g/mol. The molecule has 0 spiro atoms. The summed E-state index contributed by atoms with van der Waals surface area (Å²) >= 11 is 0. The van der Waals surface area contributed by atoms with Crippen LogP contribution >= 0.6 is 0 Å². The summed E-state index contributed by atoms with van der Waals surface area (Å²) in [5.74, 6) is 0. The second-order valence-electron chi connectivity index (χ2n) is 5.60. The van der Waals surface area contributed by atoms with Crippen LogP contribution in [-0.4, -0.2) is 30.2 Å². The fraction of sp³-hybridized carbons (Fsp3) is 0.438. The molecule has 1 atom stereocenters. The van der Waals surface area contributed by atoms with E-state index in [0.717, 1.165) is 18.6 Å². The minimum atomic E-state index is 0.555. The third kappa shape index (κ3) is 2.56. The van der Waals surface area contributed by atoms with Gasteiger partial charge in [0, 0.05) is 42.4 Å². The Morgan fingerprint density at radius 2 is 2.16 bits per heavy atom. The monoisotopic (exact) mass is 255 g/mol. The highest BCUT2D eigenvalue weighted by molar-refractivity contribution is 5.91. The van der Waals surface area contributed by atoms with E-state index in [2.05, 4.69) is 53.3 Å². The van der Waals surface area contributed by atoms with E-state index in [1.165, 1.54) is 17.5 Å². The molecule has 3 nitrogen and oxygen atoms in total. The molecule has 1 aliphatic rings. The Hall–Kier alpha value is -1.61. The maximum absolute atomic E-state index is 4.44. The molecule has 1 fully saturated rings. The first-order chi connectivity index (χ1) is 9.24. The van der Waals surface area contributed by atoms with Crippen LogP contribution in [-0.2, 0) is 0 Å². The zero-order valence-electron chi connectivity index (χ0n) is 11.6. The highest BCUT2D eigenvalue weighted by atomic mass is 15.2. The van der Waals surface area contributed by atoms with Gasteiger partial charge in [-0.2, -0.15) is 0 Å². The van der Waals surface area contributed by atoms with Crippen LogP contribution in [0, 0.1) is 0 Å². The number of hydrogen-bond donors (Lipinski definition) is 1. The first-order valence-corrected chi connectivity index (χ1v) is 7.09. The van der Waals surface area contributed by atoms with Crippen molar-refractivity contribution in [3.8, 4) is 0 Å². The number of hydrogen-bond acceptors (Lipinski definition) is 3. The lowest BCUT2D eigenvalue weighted by Gasteiger charge is -2.21. The van der Waals surface area contributed by atoms with Crippen LogP contribution in [0.25, 0.3) is 10.9 Å². The zero-order valence-corrected chi connectivity index (χ0v) is 11.6. The Labute approximate surface area is 114 Å². The molecule has 0 amide bonds. The molecule has 19 heavy (non-hydrogen) atoms. The lowest BCUT2D eigenvalue weighted by Crippen LogP contribution is -2.37. The molecular formula is C16H21N3. The third-order valence-corrected chi connectivity index (χ3v) is 3.72. The van der Waals surface area contributed by atoms with E-state index < -0.39 is 0 Å². The number of aromatic nitrogens is 1.